The summed E-state index contributed by atoms with van der Waals surface area (Å²) in [4.78, 5) is 33.7. The molecule has 1 amide bonds. The Hall–Kier alpha value is -3.15. The van der Waals surface area contributed by atoms with Gasteiger partial charge in [-0.05, 0) is 43.2 Å². The van der Waals surface area contributed by atoms with Gasteiger partial charge in [-0.3, -0.25) is 9.59 Å². The zero-order chi connectivity index (χ0) is 20.1. The first-order valence-corrected chi connectivity index (χ1v) is 9.37. The number of rotatable bonds is 7. The van der Waals surface area contributed by atoms with E-state index in [0.717, 1.165) is 11.3 Å². The number of carbonyl (C=O) groups excluding carboxylic acids is 1. The van der Waals surface area contributed by atoms with Crippen molar-refractivity contribution in [3.05, 3.63) is 70.3 Å². The molecule has 0 fully saturated rings. The van der Waals surface area contributed by atoms with Crippen molar-refractivity contribution in [2.75, 3.05) is 14.2 Å². The van der Waals surface area contributed by atoms with Crippen LogP contribution in [0.1, 0.15) is 37.2 Å². The van der Waals surface area contributed by atoms with Gasteiger partial charge in [-0.2, -0.15) is 0 Å². The maximum atomic E-state index is 12.6. The van der Waals surface area contributed by atoms with Crippen LogP contribution in [0.25, 0.3) is 10.9 Å². The summed E-state index contributed by atoms with van der Waals surface area (Å²) in [7, 11) is 3.44. The van der Waals surface area contributed by atoms with E-state index in [-0.39, 0.29) is 17.5 Å². The van der Waals surface area contributed by atoms with Crippen LogP contribution in [0.15, 0.2) is 53.3 Å². The number of ether oxygens (including phenoxy) is 1. The summed E-state index contributed by atoms with van der Waals surface area (Å²) < 4.78 is 5.18. The van der Waals surface area contributed by atoms with Gasteiger partial charge in [-0.25, -0.2) is 4.98 Å². The quantitative estimate of drug-likeness (QED) is 0.682. The number of benzene rings is 2. The smallest absolute Gasteiger partial charge is 0.258 e. The van der Waals surface area contributed by atoms with Crippen molar-refractivity contribution in [2.45, 2.75) is 32.2 Å². The Morgan fingerprint density at radius 1 is 1.18 bits per heavy atom. The van der Waals surface area contributed by atoms with Crippen LogP contribution in [0.2, 0.25) is 0 Å². The fraction of sp³-hybridized carbons (Fsp3) is 0.318. The Labute approximate surface area is 164 Å². The SMILES string of the molecule is COc1ccc(C(C)N(C)C(=O)CCCc2nc3ccccc3c(=O)[nH]2)cc1. The first kappa shape index (κ1) is 19.6. The lowest BCUT2D eigenvalue weighted by Crippen LogP contribution is -2.29. The molecular formula is C22H25N3O3. The molecule has 6 nitrogen and oxygen atoms in total. The zero-order valence-corrected chi connectivity index (χ0v) is 16.4. The van der Waals surface area contributed by atoms with Gasteiger partial charge in [0.15, 0.2) is 0 Å². The summed E-state index contributed by atoms with van der Waals surface area (Å²) in [5.74, 6) is 1.47. The second-order valence-electron chi connectivity index (χ2n) is 6.84. The highest BCUT2D eigenvalue weighted by molar-refractivity contribution is 5.77. The van der Waals surface area contributed by atoms with Gasteiger partial charge in [-0.15, -0.1) is 0 Å². The maximum absolute atomic E-state index is 12.6. The van der Waals surface area contributed by atoms with E-state index < -0.39 is 0 Å². The number of aromatic amines is 1. The van der Waals surface area contributed by atoms with Crippen molar-refractivity contribution in [3.8, 4) is 5.75 Å². The second-order valence-corrected chi connectivity index (χ2v) is 6.84. The minimum Gasteiger partial charge on any atom is -0.497 e. The highest BCUT2D eigenvalue weighted by Crippen LogP contribution is 2.22. The Balaban J connectivity index is 1.58. The fourth-order valence-corrected chi connectivity index (χ4v) is 3.16. The predicted molar refractivity (Wildman–Crippen MR) is 109 cm³/mol. The number of hydrogen-bond acceptors (Lipinski definition) is 4. The number of aromatic nitrogens is 2. The molecule has 0 spiro atoms. The third-order valence-electron chi connectivity index (χ3n) is 5.04. The van der Waals surface area contributed by atoms with Crippen LogP contribution in [-0.2, 0) is 11.2 Å². The average molecular weight is 379 g/mol. The number of para-hydroxylation sites is 1. The molecule has 0 saturated carbocycles. The molecular weight excluding hydrogens is 354 g/mol. The topological polar surface area (TPSA) is 75.3 Å². The van der Waals surface area contributed by atoms with Crippen molar-refractivity contribution >= 4 is 16.8 Å². The van der Waals surface area contributed by atoms with E-state index in [9.17, 15) is 9.59 Å². The van der Waals surface area contributed by atoms with Crippen molar-refractivity contribution in [3.63, 3.8) is 0 Å². The number of amides is 1. The largest absolute Gasteiger partial charge is 0.497 e. The molecule has 1 N–H and O–H groups in total. The number of methoxy groups -OCH3 is 1. The highest BCUT2D eigenvalue weighted by atomic mass is 16.5. The molecule has 0 bridgehead atoms. The number of nitrogens with one attached hydrogen (secondary N) is 1. The van der Waals surface area contributed by atoms with Crippen LogP contribution in [0.5, 0.6) is 5.75 Å². The highest BCUT2D eigenvalue weighted by Gasteiger charge is 2.17. The van der Waals surface area contributed by atoms with Crippen molar-refractivity contribution < 1.29 is 9.53 Å². The first-order valence-electron chi connectivity index (χ1n) is 9.37. The molecule has 2 aromatic carbocycles. The van der Waals surface area contributed by atoms with E-state index in [1.807, 2.05) is 56.4 Å². The van der Waals surface area contributed by atoms with Crippen molar-refractivity contribution in [1.29, 1.82) is 0 Å². The van der Waals surface area contributed by atoms with Gasteiger partial charge in [0.25, 0.3) is 5.56 Å². The summed E-state index contributed by atoms with van der Waals surface area (Å²) >= 11 is 0. The standard InChI is InChI=1S/C22H25N3O3/c1-15(16-11-13-17(28-3)14-12-16)25(2)21(26)10-6-9-20-23-19-8-5-4-7-18(19)22(27)24-20/h4-5,7-8,11-15H,6,9-10H2,1-3H3,(H,23,24,27). The Morgan fingerprint density at radius 3 is 2.61 bits per heavy atom. The van der Waals surface area contributed by atoms with Gasteiger partial charge in [-0.1, -0.05) is 24.3 Å². The summed E-state index contributed by atoms with van der Waals surface area (Å²) in [5.41, 5.74) is 1.59. The molecule has 1 unspecified atom stereocenters. The van der Waals surface area contributed by atoms with E-state index in [1.54, 1.807) is 18.1 Å². The lowest BCUT2D eigenvalue weighted by Gasteiger charge is -2.25. The summed E-state index contributed by atoms with van der Waals surface area (Å²) in [6, 6.07) is 14.9. The monoisotopic (exact) mass is 379 g/mol. The lowest BCUT2D eigenvalue weighted by molar-refractivity contribution is -0.131. The lowest BCUT2D eigenvalue weighted by atomic mass is 10.1. The summed E-state index contributed by atoms with van der Waals surface area (Å²) in [6.45, 7) is 2.00. The molecule has 1 aromatic heterocycles. The molecule has 0 saturated heterocycles. The van der Waals surface area contributed by atoms with E-state index in [1.165, 1.54) is 0 Å². The Bertz CT molecular complexity index is 1010. The van der Waals surface area contributed by atoms with Gasteiger partial charge >= 0.3 is 0 Å². The normalized spacial score (nSPS) is 12.0. The van der Waals surface area contributed by atoms with Gasteiger partial charge in [0.1, 0.15) is 11.6 Å². The molecule has 0 radical (unpaired) electrons. The number of carbonyl (C=O) groups is 1. The summed E-state index contributed by atoms with van der Waals surface area (Å²) in [5, 5.41) is 0.579. The molecule has 146 valence electrons. The number of hydrogen-bond donors (Lipinski definition) is 1. The number of H-pyrrole nitrogens is 1. The Kier molecular flexibility index (Phi) is 6.09. The van der Waals surface area contributed by atoms with Gasteiger partial charge in [0.2, 0.25) is 5.91 Å². The molecule has 0 aliphatic carbocycles. The number of aryl methyl sites for hydroxylation is 1. The van der Waals surface area contributed by atoms with E-state index >= 15 is 0 Å². The van der Waals surface area contributed by atoms with Crippen LogP contribution in [0.4, 0.5) is 0 Å². The summed E-state index contributed by atoms with van der Waals surface area (Å²) in [6.07, 6.45) is 1.57. The van der Waals surface area contributed by atoms with E-state index in [0.29, 0.717) is 36.0 Å². The Morgan fingerprint density at radius 2 is 1.89 bits per heavy atom. The molecule has 28 heavy (non-hydrogen) atoms. The minimum absolute atomic E-state index is 0.0305. The molecule has 1 heterocycles. The van der Waals surface area contributed by atoms with Crippen LogP contribution in [0, 0.1) is 0 Å². The van der Waals surface area contributed by atoms with Gasteiger partial charge < -0.3 is 14.6 Å². The minimum atomic E-state index is -0.142. The van der Waals surface area contributed by atoms with E-state index in [2.05, 4.69) is 9.97 Å². The number of fused-ring (bicyclic) bond motifs is 1. The fourth-order valence-electron chi connectivity index (χ4n) is 3.16. The van der Waals surface area contributed by atoms with Crippen LogP contribution in [0.3, 0.4) is 0 Å². The van der Waals surface area contributed by atoms with Crippen molar-refractivity contribution in [2.24, 2.45) is 0 Å². The van der Waals surface area contributed by atoms with Crippen LogP contribution >= 0.6 is 0 Å². The average Bonchev–Trinajstić information content (AvgIpc) is 2.72. The van der Waals surface area contributed by atoms with Crippen LogP contribution < -0.4 is 10.3 Å². The number of nitrogens with zero attached hydrogens (tertiary/aromatic N) is 2. The third kappa shape index (κ3) is 4.39. The van der Waals surface area contributed by atoms with Gasteiger partial charge in [0, 0.05) is 19.9 Å². The molecule has 3 rings (SSSR count). The van der Waals surface area contributed by atoms with Gasteiger partial charge in [0.05, 0.1) is 24.1 Å². The third-order valence-corrected chi connectivity index (χ3v) is 5.04. The second kappa shape index (κ2) is 8.69. The molecule has 1 atom stereocenters. The predicted octanol–water partition coefficient (Wildman–Crippen LogP) is 3.47. The van der Waals surface area contributed by atoms with E-state index in [4.69, 9.17) is 4.74 Å². The molecule has 3 aromatic rings. The molecule has 6 heteroatoms. The first-order chi connectivity index (χ1) is 13.5. The van der Waals surface area contributed by atoms with Crippen molar-refractivity contribution in [1.82, 2.24) is 14.9 Å². The molecule has 0 aliphatic heterocycles. The van der Waals surface area contributed by atoms with Crippen LogP contribution in [-0.4, -0.2) is 34.9 Å². The zero-order valence-electron chi connectivity index (χ0n) is 16.4. The maximum Gasteiger partial charge on any atom is 0.258 e. The molecule has 0 aliphatic rings.